The van der Waals surface area contributed by atoms with Gasteiger partial charge in [-0.3, -0.25) is 0 Å². The van der Waals surface area contributed by atoms with Gasteiger partial charge >= 0.3 is 18.3 Å². The Morgan fingerprint density at radius 2 is 1.53 bits per heavy atom. The van der Waals surface area contributed by atoms with Crippen LogP contribution < -0.4 is 0 Å². The fraction of sp³-hybridized carbons (Fsp3) is 0.300. The molecule has 1 aromatic carbocycles. The predicted molar refractivity (Wildman–Crippen MR) is 55.5 cm³/mol. The Bertz CT molecular complexity index is 506. The van der Waals surface area contributed by atoms with Crippen LogP contribution >= 0.6 is 15.9 Å². The van der Waals surface area contributed by atoms with Crippen LogP contribution in [0.2, 0.25) is 0 Å². The molecule has 0 aliphatic carbocycles. The molecule has 1 aromatic rings. The topological polar surface area (TPSA) is 26.3 Å². The molecule has 106 valence electrons. The molecule has 0 fully saturated rings. The van der Waals surface area contributed by atoms with Crippen LogP contribution in [0.15, 0.2) is 16.6 Å². The average molecular weight is 351 g/mol. The van der Waals surface area contributed by atoms with E-state index in [1.54, 1.807) is 0 Å². The van der Waals surface area contributed by atoms with E-state index in [-0.39, 0.29) is 0 Å². The van der Waals surface area contributed by atoms with Crippen LogP contribution in [-0.4, -0.2) is 13.1 Å². The number of alkyl halides is 6. The Kier molecular flexibility index (Phi) is 4.18. The first kappa shape index (κ1) is 15.8. The highest BCUT2D eigenvalue weighted by Gasteiger charge is 2.47. The summed E-state index contributed by atoms with van der Waals surface area (Å²) in [5.74, 6) is -1.50. The number of methoxy groups -OCH3 is 1. The number of esters is 1. The Balaban J connectivity index is 3.76. The van der Waals surface area contributed by atoms with E-state index in [1.807, 2.05) is 0 Å². The summed E-state index contributed by atoms with van der Waals surface area (Å²) in [6.07, 6.45) is -10.6. The van der Waals surface area contributed by atoms with E-state index >= 15 is 0 Å². The van der Waals surface area contributed by atoms with Crippen molar-refractivity contribution in [3.8, 4) is 0 Å². The Hall–Kier alpha value is -1.25. The molecule has 2 nitrogen and oxygen atoms in total. The third-order valence-electron chi connectivity index (χ3n) is 2.13. The van der Waals surface area contributed by atoms with Crippen molar-refractivity contribution in [2.24, 2.45) is 0 Å². The maximum absolute atomic E-state index is 12.8. The third-order valence-corrected chi connectivity index (χ3v) is 2.79. The van der Waals surface area contributed by atoms with Crippen molar-refractivity contribution in [1.29, 1.82) is 0 Å². The monoisotopic (exact) mass is 350 g/mol. The van der Waals surface area contributed by atoms with Gasteiger partial charge in [-0.25, -0.2) is 4.79 Å². The first-order valence-corrected chi connectivity index (χ1v) is 5.34. The van der Waals surface area contributed by atoms with Gasteiger partial charge in [0.2, 0.25) is 0 Å². The quantitative estimate of drug-likeness (QED) is 0.558. The van der Waals surface area contributed by atoms with Crippen molar-refractivity contribution >= 4 is 21.9 Å². The van der Waals surface area contributed by atoms with Gasteiger partial charge in [-0.1, -0.05) is 15.9 Å². The minimum Gasteiger partial charge on any atom is -0.465 e. The van der Waals surface area contributed by atoms with Crippen molar-refractivity contribution in [2.75, 3.05) is 7.11 Å². The Morgan fingerprint density at radius 1 is 1.05 bits per heavy atom. The molecule has 1 rings (SSSR count). The van der Waals surface area contributed by atoms with Crippen LogP contribution in [0.3, 0.4) is 0 Å². The molecule has 0 spiro atoms. The summed E-state index contributed by atoms with van der Waals surface area (Å²) in [5, 5.41) is 0. The van der Waals surface area contributed by atoms with Gasteiger partial charge in [-0.2, -0.15) is 26.3 Å². The van der Waals surface area contributed by atoms with Crippen LogP contribution in [0.5, 0.6) is 0 Å². The van der Waals surface area contributed by atoms with E-state index < -0.39 is 39.5 Å². The molecule has 0 aliphatic heterocycles. The van der Waals surface area contributed by atoms with Gasteiger partial charge in [0.15, 0.2) is 0 Å². The van der Waals surface area contributed by atoms with Crippen LogP contribution in [-0.2, 0) is 17.1 Å². The summed E-state index contributed by atoms with van der Waals surface area (Å²) in [4.78, 5) is 11.2. The minimum absolute atomic E-state index is 0.619. The largest absolute Gasteiger partial charge is 0.465 e. The van der Waals surface area contributed by atoms with Crippen molar-refractivity contribution in [2.45, 2.75) is 12.4 Å². The molecule has 0 bridgehead atoms. The van der Waals surface area contributed by atoms with Crippen molar-refractivity contribution in [3.05, 3.63) is 33.3 Å². The van der Waals surface area contributed by atoms with E-state index in [2.05, 4.69) is 20.7 Å². The molecule has 0 radical (unpaired) electrons. The molecule has 9 heteroatoms. The predicted octanol–water partition coefficient (Wildman–Crippen LogP) is 4.27. The number of carbonyl (C=O) groups is 1. The van der Waals surface area contributed by atoms with E-state index in [9.17, 15) is 31.1 Å². The lowest BCUT2D eigenvalue weighted by molar-refractivity contribution is -0.162. The number of halogens is 7. The highest BCUT2D eigenvalue weighted by atomic mass is 79.9. The molecule has 0 saturated carbocycles. The molecule has 0 heterocycles. The molecule has 0 N–H and O–H groups in total. The number of ether oxygens (including phenoxy) is 1. The summed E-state index contributed by atoms with van der Waals surface area (Å²) in [7, 11) is 0.776. The van der Waals surface area contributed by atoms with Crippen molar-refractivity contribution in [3.63, 3.8) is 0 Å². The van der Waals surface area contributed by atoms with Crippen molar-refractivity contribution in [1.82, 2.24) is 0 Å². The number of hydrogen-bond acceptors (Lipinski definition) is 2. The summed E-state index contributed by atoms with van der Waals surface area (Å²) in [6, 6.07) is 1.33. The van der Waals surface area contributed by atoms with E-state index in [1.165, 1.54) is 0 Å². The SMILES string of the molecule is COC(=O)c1ccc(Br)c(C(F)(F)F)c1C(F)(F)F. The lowest BCUT2D eigenvalue weighted by atomic mass is 10.00. The number of carbonyl (C=O) groups excluding carboxylic acids is 1. The van der Waals surface area contributed by atoms with Gasteiger partial charge < -0.3 is 4.74 Å². The summed E-state index contributed by atoms with van der Waals surface area (Å²) >= 11 is 2.41. The smallest absolute Gasteiger partial charge is 0.418 e. The highest BCUT2D eigenvalue weighted by Crippen LogP contribution is 2.45. The molecule has 0 unspecified atom stereocenters. The zero-order valence-electron chi connectivity index (χ0n) is 9.12. The fourth-order valence-corrected chi connectivity index (χ4v) is 1.98. The summed E-state index contributed by atoms with van der Waals surface area (Å²) in [6.45, 7) is 0. The molecule has 0 saturated heterocycles. The third kappa shape index (κ3) is 3.20. The first-order chi connectivity index (χ1) is 8.50. The molecule has 0 amide bonds. The maximum atomic E-state index is 12.8. The zero-order chi connectivity index (χ0) is 15.0. The normalized spacial score (nSPS) is 12.4. The van der Waals surface area contributed by atoms with Crippen LogP contribution in [0.1, 0.15) is 21.5 Å². The Labute approximate surface area is 111 Å². The molecule has 19 heavy (non-hydrogen) atoms. The number of hydrogen-bond donors (Lipinski definition) is 0. The van der Waals surface area contributed by atoms with Crippen molar-refractivity contribution < 1.29 is 35.9 Å². The highest BCUT2D eigenvalue weighted by molar-refractivity contribution is 9.10. The molecule has 0 aromatic heterocycles. The van der Waals surface area contributed by atoms with Gasteiger partial charge in [-0.05, 0) is 12.1 Å². The molecular weight excluding hydrogens is 346 g/mol. The second-order valence-electron chi connectivity index (χ2n) is 3.33. The lowest BCUT2D eigenvalue weighted by Crippen LogP contribution is -2.22. The number of benzene rings is 1. The van der Waals surface area contributed by atoms with Gasteiger partial charge in [0.05, 0.1) is 23.8 Å². The van der Waals surface area contributed by atoms with E-state index in [4.69, 9.17) is 0 Å². The van der Waals surface area contributed by atoms with E-state index in [0.717, 1.165) is 7.11 Å². The van der Waals surface area contributed by atoms with Gasteiger partial charge in [-0.15, -0.1) is 0 Å². The zero-order valence-corrected chi connectivity index (χ0v) is 10.7. The molecule has 0 aliphatic rings. The van der Waals surface area contributed by atoms with Crippen LogP contribution in [0.4, 0.5) is 26.3 Å². The van der Waals surface area contributed by atoms with Gasteiger partial charge in [0.1, 0.15) is 0 Å². The fourth-order valence-electron chi connectivity index (χ4n) is 1.43. The average Bonchev–Trinajstić information content (AvgIpc) is 2.24. The summed E-state index contributed by atoms with van der Waals surface area (Å²) < 4.78 is 79.7. The van der Waals surface area contributed by atoms with E-state index in [0.29, 0.717) is 12.1 Å². The van der Waals surface area contributed by atoms with Crippen LogP contribution in [0.25, 0.3) is 0 Å². The second-order valence-corrected chi connectivity index (χ2v) is 4.19. The standard InChI is InChI=1S/C10H5BrF6O2/c1-19-8(18)4-2-3-5(11)7(10(15,16)17)6(4)9(12,13)14/h2-3H,1H3. The van der Waals surface area contributed by atoms with Crippen LogP contribution in [0, 0.1) is 0 Å². The minimum atomic E-state index is -5.35. The van der Waals surface area contributed by atoms with Gasteiger partial charge in [0.25, 0.3) is 0 Å². The lowest BCUT2D eigenvalue weighted by Gasteiger charge is -2.19. The Morgan fingerprint density at radius 3 is 1.89 bits per heavy atom. The molecular formula is C10H5BrF6O2. The second kappa shape index (κ2) is 5.03. The van der Waals surface area contributed by atoms with Gasteiger partial charge in [0, 0.05) is 4.47 Å². The molecule has 0 atom stereocenters. The first-order valence-electron chi connectivity index (χ1n) is 4.55. The summed E-state index contributed by atoms with van der Waals surface area (Å²) in [5.41, 5.74) is -5.21. The number of rotatable bonds is 1. The maximum Gasteiger partial charge on any atom is 0.418 e.